The Bertz CT molecular complexity index is 447. The van der Waals surface area contributed by atoms with Gasteiger partial charge in [0.2, 0.25) is 5.91 Å². The lowest BCUT2D eigenvalue weighted by Gasteiger charge is -2.16. The number of aryl methyl sites for hydroxylation is 1. The van der Waals surface area contributed by atoms with Gasteiger partial charge in [-0.25, -0.2) is 0 Å². The molecule has 106 valence electrons. The maximum atomic E-state index is 11.6. The topological polar surface area (TPSA) is 54.5 Å². The molecule has 1 rings (SSSR count). The highest BCUT2D eigenvalue weighted by Crippen LogP contribution is 2.23. The Morgan fingerprint density at radius 2 is 2.16 bits per heavy atom. The van der Waals surface area contributed by atoms with E-state index in [1.807, 2.05) is 20.8 Å². The molecule has 5 heteroatoms. The molecule has 1 aromatic rings. The Morgan fingerprint density at radius 1 is 1.47 bits per heavy atom. The lowest BCUT2D eigenvalue weighted by atomic mass is 10.1. The van der Waals surface area contributed by atoms with Gasteiger partial charge in [-0.15, -0.1) is 0 Å². The first-order valence-electron chi connectivity index (χ1n) is 6.45. The first kappa shape index (κ1) is 15.4. The fourth-order valence-electron chi connectivity index (χ4n) is 1.85. The predicted molar refractivity (Wildman–Crippen MR) is 75.3 cm³/mol. The van der Waals surface area contributed by atoms with Crippen molar-refractivity contribution in [3.05, 3.63) is 23.0 Å². The van der Waals surface area contributed by atoms with Gasteiger partial charge in [0.25, 0.3) is 0 Å². The standard InChI is InChI=1S/C14H23N3O2/c1-6-17(4)13(18)9-15-8-12-11(3)14(19-5)10(2)7-16-12/h7,15H,6,8-9H2,1-5H3. The molecule has 0 fully saturated rings. The monoisotopic (exact) mass is 265 g/mol. The van der Waals surface area contributed by atoms with Crippen molar-refractivity contribution in [2.75, 3.05) is 27.2 Å². The van der Waals surface area contributed by atoms with Crippen molar-refractivity contribution in [3.8, 4) is 5.75 Å². The van der Waals surface area contributed by atoms with Crippen LogP contribution in [0.2, 0.25) is 0 Å². The molecule has 0 aromatic carbocycles. The van der Waals surface area contributed by atoms with Crippen LogP contribution in [0.25, 0.3) is 0 Å². The summed E-state index contributed by atoms with van der Waals surface area (Å²) in [7, 11) is 3.45. The van der Waals surface area contributed by atoms with Crippen LogP contribution >= 0.6 is 0 Å². The molecule has 1 amide bonds. The van der Waals surface area contributed by atoms with E-state index in [0.29, 0.717) is 13.1 Å². The number of likely N-dealkylation sites (N-methyl/N-ethyl adjacent to an activating group) is 1. The van der Waals surface area contributed by atoms with Crippen LogP contribution in [0.5, 0.6) is 5.75 Å². The fourth-order valence-corrected chi connectivity index (χ4v) is 1.85. The number of hydrogen-bond acceptors (Lipinski definition) is 4. The summed E-state index contributed by atoms with van der Waals surface area (Å²) in [5.41, 5.74) is 2.95. The van der Waals surface area contributed by atoms with Gasteiger partial charge >= 0.3 is 0 Å². The van der Waals surface area contributed by atoms with E-state index >= 15 is 0 Å². The molecule has 19 heavy (non-hydrogen) atoms. The molecule has 0 spiro atoms. The minimum Gasteiger partial charge on any atom is -0.496 e. The van der Waals surface area contributed by atoms with Crippen LogP contribution in [-0.2, 0) is 11.3 Å². The molecule has 1 N–H and O–H groups in total. The zero-order valence-corrected chi connectivity index (χ0v) is 12.4. The Morgan fingerprint density at radius 3 is 2.74 bits per heavy atom. The van der Waals surface area contributed by atoms with Crippen LogP contribution in [0.15, 0.2) is 6.20 Å². The van der Waals surface area contributed by atoms with Crippen molar-refractivity contribution < 1.29 is 9.53 Å². The van der Waals surface area contributed by atoms with E-state index in [1.54, 1.807) is 25.3 Å². The Hall–Kier alpha value is -1.62. The van der Waals surface area contributed by atoms with Crippen LogP contribution < -0.4 is 10.1 Å². The normalized spacial score (nSPS) is 10.4. The van der Waals surface area contributed by atoms with Crippen molar-refractivity contribution in [2.45, 2.75) is 27.3 Å². The molecule has 1 aromatic heterocycles. The summed E-state index contributed by atoms with van der Waals surface area (Å²) in [6.07, 6.45) is 1.79. The molecule has 0 aliphatic carbocycles. The summed E-state index contributed by atoms with van der Waals surface area (Å²) in [6, 6.07) is 0. The van der Waals surface area contributed by atoms with Crippen LogP contribution in [0.3, 0.4) is 0 Å². The number of pyridine rings is 1. The third kappa shape index (κ3) is 3.92. The number of methoxy groups -OCH3 is 1. The zero-order valence-electron chi connectivity index (χ0n) is 12.4. The predicted octanol–water partition coefficient (Wildman–Crippen LogP) is 1.27. The number of amides is 1. The van der Waals surface area contributed by atoms with E-state index in [-0.39, 0.29) is 5.91 Å². The zero-order chi connectivity index (χ0) is 14.4. The van der Waals surface area contributed by atoms with Crippen molar-refractivity contribution in [1.29, 1.82) is 0 Å². The van der Waals surface area contributed by atoms with Gasteiger partial charge in [-0.05, 0) is 20.8 Å². The third-order valence-corrected chi connectivity index (χ3v) is 3.22. The highest BCUT2D eigenvalue weighted by Gasteiger charge is 2.10. The maximum Gasteiger partial charge on any atom is 0.236 e. The second kappa shape index (κ2) is 7.09. The molecule has 0 saturated heterocycles. The second-order valence-electron chi connectivity index (χ2n) is 4.56. The quantitative estimate of drug-likeness (QED) is 0.841. The van der Waals surface area contributed by atoms with Crippen molar-refractivity contribution >= 4 is 5.91 Å². The first-order chi connectivity index (χ1) is 9.01. The number of nitrogens with one attached hydrogen (secondary N) is 1. The van der Waals surface area contributed by atoms with Crippen LogP contribution in [-0.4, -0.2) is 43.0 Å². The third-order valence-electron chi connectivity index (χ3n) is 3.22. The average molecular weight is 265 g/mol. The van der Waals surface area contributed by atoms with Crippen LogP contribution in [0.4, 0.5) is 0 Å². The molecule has 0 unspecified atom stereocenters. The largest absolute Gasteiger partial charge is 0.496 e. The summed E-state index contributed by atoms with van der Waals surface area (Å²) >= 11 is 0. The van der Waals surface area contributed by atoms with E-state index in [1.165, 1.54) is 0 Å². The van der Waals surface area contributed by atoms with Crippen LogP contribution in [0.1, 0.15) is 23.7 Å². The molecular formula is C14H23N3O2. The minimum absolute atomic E-state index is 0.0826. The van der Waals surface area contributed by atoms with Crippen molar-refractivity contribution in [3.63, 3.8) is 0 Å². The fraction of sp³-hybridized carbons (Fsp3) is 0.571. The van der Waals surface area contributed by atoms with E-state index in [9.17, 15) is 4.79 Å². The number of aromatic nitrogens is 1. The number of rotatable bonds is 6. The summed E-state index contributed by atoms with van der Waals surface area (Å²) in [4.78, 5) is 17.7. The number of nitrogens with zero attached hydrogens (tertiary/aromatic N) is 2. The Labute approximate surface area is 115 Å². The molecule has 1 heterocycles. The van der Waals surface area contributed by atoms with Gasteiger partial charge in [0.05, 0.1) is 19.3 Å². The molecule has 0 aliphatic heterocycles. The molecule has 5 nitrogen and oxygen atoms in total. The molecule has 0 atom stereocenters. The van der Waals surface area contributed by atoms with Crippen molar-refractivity contribution in [2.24, 2.45) is 0 Å². The van der Waals surface area contributed by atoms with Crippen molar-refractivity contribution in [1.82, 2.24) is 15.2 Å². The summed E-state index contributed by atoms with van der Waals surface area (Å²) in [5, 5.41) is 3.12. The van der Waals surface area contributed by atoms with E-state index in [4.69, 9.17) is 4.74 Å². The second-order valence-corrected chi connectivity index (χ2v) is 4.56. The van der Waals surface area contributed by atoms with Gasteiger partial charge in [0.15, 0.2) is 0 Å². The molecular weight excluding hydrogens is 242 g/mol. The van der Waals surface area contributed by atoms with E-state index in [2.05, 4.69) is 10.3 Å². The summed E-state index contributed by atoms with van der Waals surface area (Å²) in [6.45, 7) is 7.50. The van der Waals surface area contributed by atoms with Gasteiger partial charge in [-0.1, -0.05) is 0 Å². The smallest absolute Gasteiger partial charge is 0.236 e. The molecule has 0 saturated carbocycles. The minimum atomic E-state index is 0.0826. The number of hydrogen-bond donors (Lipinski definition) is 1. The number of ether oxygens (including phenoxy) is 1. The van der Waals surface area contributed by atoms with E-state index < -0.39 is 0 Å². The van der Waals surface area contributed by atoms with Gasteiger partial charge in [0, 0.05) is 37.5 Å². The van der Waals surface area contributed by atoms with E-state index in [0.717, 1.165) is 29.1 Å². The van der Waals surface area contributed by atoms with Gasteiger partial charge in [-0.2, -0.15) is 0 Å². The summed E-state index contributed by atoms with van der Waals surface area (Å²) < 4.78 is 5.36. The lowest BCUT2D eigenvalue weighted by Crippen LogP contribution is -2.35. The number of carbonyl (C=O) groups is 1. The first-order valence-corrected chi connectivity index (χ1v) is 6.45. The Balaban J connectivity index is 2.62. The highest BCUT2D eigenvalue weighted by molar-refractivity contribution is 5.77. The molecule has 0 aliphatic rings. The average Bonchev–Trinajstić information content (AvgIpc) is 2.40. The summed E-state index contributed by atoms with van der Waals surface area (Å²) in [5.74, 6) is 0.947. The SMILES string of the molecule is CCN(C)C(=O)CNCc1ncc(C)c(OC)c1C. The van der Waals surface area contributed by atoms with Gasteiger partial charge in [0.1, 0.15) is 5.75 Å². The Kier molecular flexibility index (Phi) is 5.76. The molecule has 0 radical (unpaired) electrons. The van der Waals surface area contributed by atoms with Gasteiger partial charge < -0.3 is 15.0 Å². The maximum absolute atomic E-state index is 11.6. The number of carbonyl (C=O) groups excluding carboxylic acids is 1. The van der Waals surface area contributed by atoms with Crippen LogP contribution in [0, 0.1) is 13.8 Å². The lowest BCUT2D eigenvalue weighted by molar-refractivity contribution is -0.128. The molecule has 0 bridgehead atoms. The highest BCUT2D eigenvalue weighted by atomic mass is 16.5. The van der Waals surface area contributed by atoms with Gasteiger partial charge in [-0.3, -0.25) is 9.78 Å².